The minimum absolute atomic E-state index is 0.109. The van der Waals surface area contributed by atoms with Gasteiger partial charge in [0.2, 0.25) is 0 Å². The number of thiocarbonyl (C=S) groups is 1. The van der Waals surface area contributed by atoms with Gasteiger partial charge in [-0.25, -0.2) is 0 Å². The maximum absolute atomic E-state index is 12.2. The molecule has 1 aliphatic rings. The van der Waals surface area contributed by atoms with Crippen LogP contribution >= 0.6 is 12.2 Å². The molecular formula is C14H18N2OS. The zero-order valence-corrected chi connectivity index (χ0v) is 11.4. The fourth-order valence-corrected chi connectivity index (χ4v) is 2.42. The van der Waals surface area contributed by atoms with Crippen LogP contribution in [0.1, 0.15) is 25.3 Å². The van der Waals surface area contributed by atoms with Gasteiger partial charge in [0.25, 0.3) is 5.91 Å². The Hall–Kier alpha value is -1.42. The molecule has 0 aromatic heterocycles. The van der Waals surface area contributed by atoms with Crippen molar-refractivity contribution in [3.05, 3.63) is 35.9 Å². The predicted molar refractivity (Wildman–Crippen MR) is 76.3 cm³/mol. The van der Waals surface area contributed by atoms with E-state index in [1.54, 1.807) is 4.90 Å². The standard InChI is InChI=1S/C14H18N2OS/c1-2-3-9-16-13(17)12(15-14(16)18)10-11-7-5-4-6-8-11/h4-8,12H,2-3,9-10H2,1H3,(H,15,18). The van der Waals surface area contributed by atoms with E-state index < -0.39 is 0 Å². The van der Waals surface area contributed by atoms with Crippen molar-refractivity contribution in [2.45, 2.75) is 32.2 Å². The molecule has 1 amide bonds. The van der Waals surface area contributed by atoms with Crippen molar-refractivity contribution in [2.24, 2.45) is 0 Å². The highest BCUT2D eigenvalue weighted by Gasteiger charge is 2.34. The summed E-state index contributed by atoms with van der Waals surface area (Å²) in [5.74, 6) is 0.109. The SMILES string of the molecule is CCCCN1C(=O)C(Cc2ccccc2)NC1=S. The van der Waals surface area contributed by atoms with E-state index in [4.69, 9.17) is 12.2 Å². The summed E-state index contributed by atoms with van der Waals surface area (Å²) in [4.78, 5) is 13.9. The quantitative estimate of drug-likeness (QED) is 0.825. The van der Waals surface area contributed by atoms with Gasteiger partial charge in [-0.1, -0.05) is 43.7 Å². The Bertz CT molecular complexity index is 433. The lowest BCUT2D eigenvalue weighted by molar-refractivity contribution is -0.127. The summed E-state index contributed by atoms with van der Waals surface area (Å²) >= 11 is 5.22. The normalized spacial score (nSPS) is 19.2. The number of hydrogen-bond donors (Lipinski definition) is 1. The largest absolute Gasteiger partial charge is 0.350 e. The van der Waals surface area contributed by atoms with Crippen LogP contribution in [0.5, 0.6) is 0 Å². The number of rotatable bonds is 5. The number of hydrogen-bond acceptors (Lipinski definition) is 2. The number of amides is 1. The van der Waals surface area contributed by atoms with Crippen LogP contribution in [0, 0.1) is 0 Å². The molecule has 1 fully saturated rings. The second kappa shape index (κ2) is 5.96. The molecule has 1 unspecified atom stereocenters. The molecule has 3 nitrogen and oxygen atoms in total. The van der Waals surface area contributed by atoms with Crippen LogP contribution in [0.2, 0.25) is 0 Å². The van der Waals surface area contributed by atoms with Gasteiger partial charge in [-0.3, -0.25) is 9.69 Å². The van der Waals surface area contributed by atoms with Crippen molar-refractivity contribution in [3.8, 4) is 0 Å². The molecule has 1 N–H and O–H groups in total. The van der Waals surface area contributed by atoms with Crippen LogP contribution in [0.4, 0.5) is 0 Å². The number of nitrogens with one attached hydrogen (secondary N) is 1. The monoisotopic (exact) mass is 262 g/mol. The second-order valence-corrected chi connectivity index (χ2v) is 4.92. The molecule has 1 aliphatic heterocycles. The van der Waals surface area contributed by atoms with Gasteiger partial charge in [-0.2, -0.15) is 0 Å². The number of nitrogens with zero attached hydrogens (tertiary/aromatic N) is 1. The molecule has 96 valence electrons. The van der Waals surface area contributed by atoms with Crippen LogP contribution in [0.15, 0.2) is 30.3 Å². The van der Waals surface area contributed by atoms with Gasteiger partial charge >= 0.3 is 0 Å². The van der Waals surface area contributed by atoms with Crippen molar-refractivity contribution in [3.63, 3.8) is 0 Å². The first-order valence-electron chi connectivity index (χ1n) is 6.38. The van der Waals surface area contributed by atoms with E-state index >= 15 is 0 Å². The smallest absolute Gasteiger partial charge is 0.251 e. The number of unbranched alkanes of at least 4 members (excludes halogenated alkanes) is 1. The summed E-state index contributed by atoms with van der Waals surface area (Å²) < 4.78 is 0. The maximum Gasteiger partial charge on any atom is 0.251 e. The molecule has 4 heteroatoms. The second-order valence-electron chi connectivity index (χ2n) is 4.54. The fourth-order valence-electron chi connectivity index (χ4n) is 2.09. The average molecular weight is 262 g/mol. The van der Waals surface area contributed by atoms with Crippen LogP contribution in [0.25, 0.3) is 0 Å². The molecule has 1 saturated heterocycles. The Morgan fingerprint density at radius 3 is 2.72 bits per heavy atom. The molecule has 1 atom stereocenters. The summed E-state index contributed by atoms with van der Waals surface area (Å²) in [7, 11) is 0. The van der Waals surface area contributed by atoms with Crippen molar-refractivity contribution < 1.29 is 4.79 Å². The summed E-state index contributed by atoms with van der Waals surface area (Å²) in [6.07, 6.45) is 2.75. The molecule has 1 aromatic rings. The van der Waals surface area contributed by atoms with Gasteiger partial charge in [-0.15, -0.1) is 0 Å². The number of carbonyl (C=O) groups excluding carboxylic acids is 1. The van der Waals surface area contributed by atoms with Crippen molar-refractivity contribution in [2.75, 3.05) is 6.54 Å². The van der Waals surface area contributed by atoms with Gasteiger partial charge in [0, 0.05) is 13.0 Å². The fraction of sp³-hybridized carbons (Fsp3) is 0.429. The van der Waals surface area contributed by atoms with Crippen LogP contribution in [-0.2, 0) is 11.2 Å². The van der Waals surface area contributed by atoms with Gasteiger partial charge in [0.05, 0.1) is 0 Å². The van der Waals surface area contributed by atoms with Crippen molar-refractivity contribution in [1.29, 1.82) is 0 Å². The first-order chi connectivity index (χ1) is 8.72. The third-order valence-electron chi connectivity index (χ3n) is 3.12. The Morgan fingerprint density at radius 1 is 1.33 bits per heavy atom. The molecule has 2 rings (SSSR count). The minimum Gasteiger partial charge on any atom is -0.350 e. The summed E-state index contributed by atoms with van der Waals surface area (Å²) in [5.41, 5.74) is 1.16. The van der Waals surface area contributed by atoms with E-state index in [0.29, 0.717) is 11.5 Å². The lowest BCUT2D eigenvalue weighted by atomic mass is 10.1. The van der Waals surface area contributed by atoms with Crippen molar-refractivity contribution >= 4 is 23.2 Å². The Labute approximate surface area is 113 Å². The molecule has 0 spiro atoms. The average Bonchev–Trinajstić information content (AvgIpc) is 2.64. The summed E-state index contributed by atoms with van der Waals surface area (Å²) in [6.45, 7) is 2.84. The van der Waals surface area contributed by atoms with Crippen LogP contribution < -0.4 is 5.32 Å². The molecule has 1 heterocycles. The van der Waals surface area contributed by atoms with E-state index in [0.717, 1.165) is 24.9 Å². The molecule has 0 aliphatic carbocycles. The predicted octanol–water partition coefficient (Wildman–Crippen LogP) is 2.11. The van der Waals surface area contributed by atoms with E-state index in [1.807, 2.05) is 30.3 Å². The zero-order chi connectivity index (χ0) is 13.0. The first kappa shape index (κ1) is 13.0. The molecule has 0 bridgehead atoms. The van der Waals surface area contributed by atoms with Gasteiger partial charge in [-0.05, 0) is 24.2 Å². The first-order valence-corrected chi connectivity index (χ1v) is 6.79. The third-order valence-corrected chi connectivity index (χ3v) is 3.46. The van der Waals surface area contributed by atoms with Crippen LogP contribution in [0.3, 0.4) is 0 Å². The van der Waals surface area contributed by atoms with Crippen molar-refractivity contribution in [1.82, 2.24) is 10.2 Å². The topological polar surface area (TPSA) is 32.3 Å². The van der Waals surface area contributed by atoms with Gasteiger partial charge in [0.15, 0.2) is 5.11 Å². The highest BCUT2D eigenvalue weighted by molar-refractivity contribution is 7.80. The van der Waals surface area contributed by atoms with Gasteiger partial charge < -0.3 is 5.32 Å². The van der Waals surface area contributed by atoms with E-state index in [1.165, 1.54) is 0 Å². The molecule has 1 aromatic carbocycles. The van der Waals surface area contributed by atoms with E-state index in [2.05, 4.69) is 12.2 Å². The van der Waals surface area contributed by atoms with E-state index in [-0.39, 0.29) is 11.9 Å². The van der Waals surface area contributed by atoms with E-state index in [9.17, 15) is 4.79 Å². The molecule has 0 saturated carbocycles. The zero-order valence-electron chi connectivity index (χ0n) is 10.6. The molecule has 18 heavy (non-hydrogen) atoms. The maximum atomic E-state index is 12.2. The number of carbonyl (C=O) groups is 1. The molecular weight excluding hydrogens is 244 g/mol. The Balaban J connectivity index is 1.99. The summed E-state index contributed by atoms with van der Waals surface area (Å²) in [5, 5.41) is 3.70. The third kappa shape index (κ3) is 2.88. The Morgan fingerprint density at radius 2 is 2.06 bits per heavy atom. The highest BCUT2D eigenvalue weighted by atomic mass is 32.1. The van der Waals surface area contributed by atoms with Crippen LogP contribution in [-0.4, -0.2) is 28.5 Å². The Kier molecular flexibility index (Phi) is 4.31. The number of benzene rings is 1. The molecule has 0 radical (unpaired) electrons. The summed E-state index contributed by atoms with van der Waals surface area (Å²) in [6, 6.07) is 9.83. The lowest BCUT2D eigenvalue weighted by Crippen LogP contribution is -2.33. The highest BCUT2D eigenvalue weighted by Crippen LogP contribution is 2.13. The minimum atomic E-state index is -0.197. The van der Waals surface area contributed by atoms with Gasteiger partial charge in [0.1, 0.15) is 6.04 Å². The lowest BCUT2D eigenvalue weighted by Gasteiger charge is -2.13.